The maximum absolute atomic E-state index is 6.03. The standard InChI is InChI=1S/C13H18Cl2N2/c14-9-11-8-13(16-10-12(11)15)17-6-4-2-1-3-5-7-17/h8,10H,1-7,9H2. The molecule has 2 heterocycles. The first-order chi connectivity index (χ1) is 8.31. The molecule has 1 aliphatic heterocycles. The lowest BCUT2D eigenvalue weighted by Crippen LogP contribution is -2.27. The summed E-state index contributed by atoms with van der Waals surface area (Å²) in [7, 11) is 0. The Hall–Kier alpha value is -0.470. The van der Waals surface area contributed by atoms with Crippen molar-refractivity contribution in [3.8, 4) is 0 Å². The summed E-state index contributed by atoms with van der Waals surface area (Å²) in [5, 5.41) is 0.663. The smallest absolute Gasteiger partial charge is 0.128 e. The fourth-order valence-electron chi connectivity index (χ4n) is 2.22. The van der Waals surface area contributed by atoms with Gasteiger partial charge in [0.1, 0.15) is 5.82 Å². The molecule has 0 radical (unpaired) electrons. The third kappa shape index (κ3) is 3.49. The van der Waals surface area contributed by atoms with Crippen LogP contribution in [-0.4, -0.2) is 18.1 Å². The molecule has 0 atom stereocenters. The van der Waals surface area contributed by atoms with Gasteiger partial charge < -0.3 is 4.90 Å². The average Bonchev–Trinajstić information content (AvgIpc) is 2.30. The summed E-state index contributed by atoms with van der Waals surface area (Å²) < 4.78 is 0. The Morgan fingerprint density at radius 2 is 1.76 bits per heavy atom. The number of hydrogen-bond donors (Lipinski definition) is 0. The Bertz CT molecular complexity index is 360. The topological polar surface area (TPSA) is 16.1 Å². The zero-order chi connectivity index (χ0) is 12.1. The Balaban J connectivity index is 2.13. The minimum absolute atomic E-state index is 0.447. The van der Waals surface area contributed by atoms with Crippen LogP contribution in [0.5, 0.6) is 0 Å². The van der Waals surface area contributed by atoms with Crippen LogP contribution in [-0.2, 0) is 5.88 Å². The van der Waals surface area contributed by atoms with Crippen molar-refractivity contribution in [3.05, 3.63) is 22.8 Å². The van der Waals surface area contributed by atoms with E-state index in [4.69, 9.17) is 23.2 Å². The van der Waals surface area contributed by atoms with Crippen molar-refractivity contribution in [3.63, 3.8) is 0 Å². The maximum Gasteiger partial charge on any atom is 0.128 e. The lowest BCUT2D eigenvalue weighted by atomic mass is 10.1. The molecule has 0 bridgehead atoms. The van der Waals surface area contributed by atoms with E-state index in [-0.39, 0.29) is 0 Å². The largest absolute Gasteiger partial charge is 0.357 e. The minimum atomic E-state index is 0.447. The van der Waals surface area contributed by atoms with Gasteiger partial charge in [-0.1, -0.05) is 30.9 Å². The second kappa shape index (κ2) is 6.46. The number of anilines is 1. The molecule has 0 spiro atoms. The number of halogens is 2. The number of nitrogens with zero attached hydrogens (tertiary/aromatic N) is 2. The molecule has 0 amide bonds. The number of hydrogen-bond acceptors (Lipinski definition) is 2. The quantitative estimate of drug-likeness (QED) is 0.749. The molecule has 94 valence electrons. The molecular weight excluding hydrogens is 255 g/mol. The van der Waals surface area contributed by atoms with Gasteiger partial charge in [0.25, 0.3) is 0 Å². The number of alkyl halides is 1. The number of pyridine rings is 1. The summed E-state index contributed by atoms with van der Waals surface area (Å²) >= 11 is 11.9. The second-order valence-corrected chi connectivity index (χ2v) is 5.20. The highest BCUT2D eigenvalue weighted by Crippen LogP contribution is 2.23. The molecule has 2 nitrogen and oxygen atoms in total. The van der Waals surface area contributed by atoms with Gasteiger partial charge in [0, 0.05) is 25.2 Å². The van der Waals surface area contributed by atoms with Gasteiger partial charge in [0.05, 0.1) is 5.02 Å². The highest BCUT2D eigenvalue weighted by atomic mass is 35.5. The first-order valence-electron chi connectivity index (χ1n) is 6.26. The molecule has 0 aromatic carbocycles. The van der Waals surface area contributed by atoms with Gasteiger partial charge in [-0.15, -0.1) is 11.6 Å². The molecule has 1 saturated heterocycles. The van der Waals surface area contributed by atoms with Gasteiger partial charge in [0.2, 0.25) is 0 Å². The normalized spacial score (nSPS) is 17.6. The molecule has 1 aliphatic rings. The van der Waals surface area contributed by atoms with Crippen LogP contribution in [0.3, 0.4) is 0 Å². The molecule has 0 N–H and O–H groups in total. The van der Waals surface area contributed by atoms with Crippen LogP contribution in [0.4, 0.5) is 5.82 Å². The molecule has 0 saturated carbocycles. The maximum atomic E-state index is 6.03. The first kappa shape index (κ1) is 13.0. The van der Waals surface area contributed by atoms with Crippen LogP contribution in [0.1, 0.15) is 37.7 Å². The highest BCUT2D eigenvalue weighted by Gasteiger charge is 2.11. The van der Waals surface area contributed by atoms with E-state index < -0.39 is 0 Å². The van der Waals surface area contributed by atoms with Crippen LogP contribution >= 0.6 is 23.2 Å². The SMILES string of the molecule is ClCc1cc(N2CCCCCCC2)ncc1Cl. The van der Waals surface area contributed by atoms with E-state index >= 15 is 0 Å². The summed E-state index contributed by atoms with van der Waals surface area (Å²) in [6, 6.07) is 2.02. The van der Waals surface area contributed by atoms with Crippen molar-refractivity contribution in [2.45, 2.75) is 38.0 Å². The van der Waals surface area contributed by atoms with Crippen LogP contribution < -0.4 is 4.90 Å². The van der Waals surface area contributed by atoms with Crippen molar-refractivity contribution in [1.82, 2.24) is 4.98 Å². The van der Waals surface area contributed by atoms with E-state index in [1.54, 1.807) is 6.20 Å². The molecule has 0 aliphatic carbocycles. The Morgan fingerprint density at radius 3 is 2.41 bits per heavy atom. The molecule has 0 unspecified atom stereocenters. The average molecular weight is 273 g/mol. The van der Waals surface area contributed by atoms with Crippen molar-refractivity contribution in [2.75, 3.05) is 18.0 Å². The monoisotopic (exact) mass is 272 g/mol. The van der Waals surface area contributed by atoms with Crippen LogP contribution in [0, 0.1) is 0 Å². The third-order valence-electron chi connectivity index (χ3n) is 3.24. The van der Waals surface area contributed by atoms with Gasteiger partial charge in [-0.25, -0.2) is 4.98 Å². The summed E-state index contributed by atoms with van der Waals surface area (Å²) in [4.78, 5) is 6.77. The van der Waals surface area contributed by atoms with Crippen molar-refractivity contribution in [2.24, 2.45) is 0 Å². The molecule has 1 aromatic rings. The number of rotatable bonds is 2. The summed E-state index contributed by atoms with van der Waals surface area (Å²) in [6.07, 6.45) is 8.24. The van der Waals surface area contributed by atoms with Crippen molar-refractivity contribution >= 4 is 29.0 Å². The zero-order valence-electron chi connectivity index (χ0n) is 9.96. The predicted octanol–water partition coefficient (Wildman–Crippen LogP) is 4.24. The van der Waals surface area contributed by atoms with Crippen LogP contribution in [0.2, 0.25) is 5.02 Å². The van der Waals surface area contributed by atoms with Crippen molar-refractivity contribution in [1.29, 1.82) is 0 Å². The molecule has 1 fully saturated rings. The highest BCUT2D eigenvalue weighted by molar-refractivity contribution is 6.32. The van der Waals surface area contributed by atoms with Crippen LogP contribution in [0.15, 0.2) is 12.3 Å². The van der Waals surface area contributed by atoms with E-state index in [1.807, 2.05) is 6.07 Å². The van der Waals surface area contributed by atoms with Crippen molar-refractivity contribution < 1.29 is 0 Å². The first-order valence-corrected chi connectivity index (χ1v) is 7.18. The van der Waals surface area contributed by atoms with Gasteiger partial charge >= 0.3 is 0 Å². The van der Waals surface area contributed by atoms with E-state index in [0.29, 0.717) is 10.9 Å². The fraction of sp³-hybridized carbons (Fsp3) is 0.615. The van der Waals surface area contributed by atoms with E-state index in [2.05, 4.69) is 9.88 Å². The van der Waals surface area contributed by atoms with E-state index in [9.17, 15) is 0 Å². The molecule has 2 rings (SSSR count). The second-order valence-electron chi connectivity index (χ2n) is 4.52. The summed E-state index contributed by atoms with van der Waals surface area (Å²) in [6.45, 7) is 2.19. The Kier molecular flexibility index (Phi) is 4.93. The third-order valence-corrected chi connectivity index (χ3v) is 3.87. The predicted molar refractivity (Wildman–Crippen MR) is 74.1 cm³/mol. The molecular formula is C13H18Cl2N2. The molecule has 1 aromatic heterocycles. The summed E-state index contributed by atoms with van der Waals surface area (Å²) in [5.41, 5.74) is 0.973. The van der Waals surface area contributed by atoms with E-state index in [0.717, 1.165) is 24.5 Å². The van der Waals surface area contributed by atoms with Crippen LogP contribution in [0.25, 0.3) is 0 Å². The Labute approximate surface area is 113 Å². The summed E-state index contributed by atoms with van der Waals surface area (Å²) in [5.74, 6) is 1.47. The minimum Gasteiger partial charge on any atom is -0.357 e. The molecule has 17 heavy (non-hydrogen) atoms. The van der Waals surface area contributed by atoms with E-state index in [1.165, 1.54) is 32.1 Å². The van der Waals surface area contributed by atoms with Gasteiger partial charge in [-0.2, -0.15) is 0 Å². The number of aromatic nitrogens is 1. The van der Waals surface area contributed by atoms with Gasteiger partial charge in [0.15, 0.2) is 0 Å². The lowest BCUT2D eigenvalue weighted by Gasteiger charge is -2.26. The van der Waals surface area contributed by atoms with Gasteiger partial charge in [-0.3, -0.25) is 0 Å². The Morgan fingerprint density at radius 1 is 1.12 bits per heavy atom. The molecule has 4 heteroatoms. The fourth-order valence-corrected chi connectivity index (χ4v) is 2.68. The van der Waals surface area contributed by atoms with Gasteiger partial charge in [-0.05, 0) is 24.5 Å². The zero-order valence-corrected chi connectivity index (χ0v) is 11.5. The lowest BCUT2D eigenvalue weighted by molar-refractivity contribution is 0.554.